The van der Waals surface area contributed by atoms with Gasteiger partial charge in [0.05, 0.1) is 13.7 Å². The second kappa shape index (κ2) is 8.68. The molecule has 1 aliphatic heterocycles. The number of benzene rings is 2. The second-order valence-corrected chi connectivity index (χ2v) is 8.32. The van der Waals surface area contributed by atoms with Gasteiger partial charge < -0.3 is 10.1 Å². The molecule has 0 spiro atoms. The van der Waals surface area contributed by atoms with Crippen LogP contribution >= 0.6 is 0 Å². The van der Waals surface area contributed by atoms with Gasteiger partial charge in [-0.1, -0.05) is 18.2 Å². The molecule has 1 saturated heterocycles. The Labute approximate surface area is 163 Å². The minimum atomic E-state index is -3.86. The predicted molar refractivity (Wildman–Crippen MR) is 104 cm³/mol. The van der Waals surface area contributed by atoms with E-state index in [1.165, 1.54) is 10.4 Å². The van der Waals surface area contributed by atoms with Gasteiger partial charge >= 0.3 is 0 Å². The lowest BCUT2D eigenvalue weighted by Gasteiger charge is -2.34. The van der Waals surface area contributed by atoms with Crippen molar-refractivity contribution in [1.29, 1.82) is 0 Å². The molecule has 2 aromatic carbocycles. The van der Waals surface area contributed by atoms with Crippen LogP contribution in [0.25, 0.3) is 0 Å². The summed E-state index contributed by atoms with van der Waals surface area (Å²) in [6.45, 7) is 0.160. The number of carbonyl (C=O) groups is 1. The number of methoxy groups -OCH3 is 1. The van der Waals surface area contributed by atoms with Crippen LogP contribution in [0.3, 0.4) is 0 Å². The molecule has 150 valence electrons. The Morgan fingerprint density at radius 2 is 1.79 bits per heavy atom. The first-order valence-electron chi connectivity index (χ1n) is 8.82. The van der Waals surface area contributed by atoms with Gasteiger partial charge in [0, 0.05) is 30.9 Å². The fraction of sp³-hybridized carbons (Fsp3) is 0.316. The van der Waals surface area contributed by atoms with Crippen LogP contribution in [0.15, 0.2) is 48.5 Å². The van der Waals surface area contributed by atoms with E-state index in [-0.39, 0.29) is 26.2 Å². The molecule has 0 aliphatic carbocycles. The highest BCUT2D eigenvalue weighted by atomic mass is 32.2. The lowest BCUT2D eigenvalue weighted by molar-refractivity contribution is -0.116. The smallest absolute Gasteiger partial charge is 0.282 e. The van der Waals surface area contributed by atoms with Crippen molar-refractivity contribution in [3.63, 3.8) is 0 Å². The molecule has 0 bridgehead atoms. The molecule has 1 heterocycles. The van der Waals surface area contributed by atoms with Crippen molar-refractivity contribution >= 4 is 21.8 Å². The van der Waals surface area contributed by atoms with Crippen molar-refractivity contribution in [1.82, 2.24) is 8.61 Å². The van der Waals surface area contributed by atoms with E-state index in [0.717, 1.165) is 4.31 Å². The predicted octanol–water partition coefficient (Wildman–Crippen LogP) is 2.23. The number of halogens is 1. The van der Waals surface area contributed by atoms with E-state index >= 15 is 0 Å². The molecule has 1 amide bonds. The fourth-order valence-electron chi connectivity index (χ4n) is 2.99. The van der Waals surface area contributed by atoms with E-state index in [1.54, 1.807) is 49.6 Å². The number of hydrogen-bond acceptors (Lipinski definition) is 4. The van der Waals surface area contributed by atoms with Gasteiger partial charge in [0.15, 0.2) is 0 Å². The van der Waals surface area contributed by atoms with Gasteiger partial charge in [-0.3, -0.25) is 4.79 Å². The Balaban J connectivity index is 1.66. The molecule has 0 unspecified atom stereocenters. The third-order valence-electron chi connectivity index (χ3n) is 4.47. The molecular formula is C19H22FN3O4S. The molecule has 9 heteroatoms. The summed E-state index contributed by atoms with van der Waals surface area (Å²) in [6.07, 6.45) is 0.559. The molecule has 1 fully saturated rings. The van der Waals surface area contributed by atoms with E-state index < -0.39 is 21.9 Å². The highest BCUT2D eigenvalue weighted by Crippen LogP contribution is 2.21. The van der Waals surface area contributed by atoms with Crippen molar-refractivity contribution in [2.75, 3.05) is 32.1 Å². The zero-order chi connectivity index (χ0) is 20.1. The fourth-order valence-corrected chi connectivity index (χ4v) is 4.62. The van der Waals surface area contributed by atoms with Crippen LogP contribution in [0, 0.1) is 5.82 Å². The Bertz CT molecular complexity index is 934. The summed E-state index contributed by atoms with van der Waals surface area (Å²) in [4.78, 5) is 12.3. The van der Waals surface area contributed by atoms with Crippen LogP contribution in [-0.4, -0.2) is 49.7 Å². The van der Waals surface area contributed by atoms with Crippen LogP contribution in [-0.2, 0) is 21.5 Å². The van der Waals surface area contributed by atoms with Crippen molar-refractivity contribution in [2.45, 2.75) is 13.0 Å². The lowest BCUT2D eigenvalue weighted by atomic mass is 10.2. The molecule has 28 heavy (non-hydrogen) atoms. The van der Waals surface area contributed by atoms with Gasteiger partial charge in [-0.25, -0.2) is 4.39 Å². The minimum absolute atomic E-state index is 0.0639. The average molecular weight is 407 g/mol. The zero-order valence-corrected chi connectivity index (χ0v) is 16.3. The SMILES string of the molecule is COc1ccc(NC(=O)CN2CCCN(Cc3ccccc3F)S2(=O)=O)cc1. The second-order valence-electron chi connectivity index (χ2n) is 6.40. The number of nitrogens with zero attached hydrogens (tertiary/aromatic N) is 2. The topological polar surface area (TPSA) is 79.0 Å². The Morgan fingerprint density at radius 3 is 2.46 bits per heavy atom. The standard InChI is InChI=1S/C19H22FN3O4S/c1-27-17-9-7-16(8-10-17)21-19(24)14-23-12-4-11-22(28(23,25)26)13-15-5-2-3-6-18(15)20/h2-3,5-10H,4,11-14H2,1H3,(H,21,24). The van der Waals surface area contributed by atoms with E-state index in [4.69, 9.17) is 4.74 Å². The third-order valence-corrected chi connectivity index (χ3v) is 6.39. The first kappa shape index (κ1) is 20.2. The van der Waals surface area contributed by atoms with Crippen molar-refractivity contribution < 1.29 is 22.3 Å². The number of rotatable bonds is 6. The summed E-state index contributed by atoms with van der Waals surface area (Å²) in [5.74, 6) is -0.242. The van der Waals surface area contributed by atoms with Gasteiger partial charge in [-0.15, -0.1) is 0 Å². The van der Waals surface area contributed by atoms with Crippen LogP contribution in [0.5, 0.6) is 5.75 Å². The third kappa shape index (κ3) is 4.67. The molecule has 0 aromatic heterocycles. The van der Waals surface area contributed by atoms with Gasteiger partial charge in [-0.2, -0.15) is 17.0 Å². The number of nitrogens with one attached hydrogen (secondary N) is 1. The van der Waals surface area contributed by atoms with E-state index in [1.807, 2.05) is 0 Å². The van der Waals surface area contributed by atoms with Gasteiger partial charge in [0.2, 0.25) is 5.91 Å². The Hall–Kier alpha value is -2.49. The highest BCUT2D eigenvalue weighted by Gasteiger charge is 2.35. The van der Waals surface area contributed by atoms with Crippen molar-refractivity contribution in [3.8, 4) is 5.75 Å². The maximum Gasteiger partial charge on any atom is 0.282 e. The van der Waals surface area contributed by atoms with E-state index in [0.29, 0.717) is 23.4 Å². The molecule has 0 atom stereocenters. The summed E-state index contributed by atoms with van der Waals surface area (Å²) in [6, 6.07) is 12.8. The molecule has 1 N–H and O–H groups in total. The lowest BCUT2D eigenvalue weighted by Crippen LogP contribution is -2.51. The first-order valence-corrected chi connectivity index (χ1v) is 10.2. The summed E-state index contributed by atoms with van der Waals surface area (Å²) in [7, 11) is -2.31. The molecule has 0 saturated carbocycles. The molecule has 0 radical (unpaired) electrons. The summed E-state index contributed by atoms with van der Waals surface area (Å²) in [5, 5.41) is 2.67. The molecule has 7 nitrogen and oxygen atoms in total. The summed E-state index contributed by atoms with van der Waals surface area (Å²) >= 11 is 0. The van der Waals surface area contributed by atoms with Crippen LogP contribution in [0.2, 0.25) is 0 Å². The molecule has 1 aliphatic rings. The Morgan fingerprint density at radius 1 is 1.11 bits per heavy atom. The number of hydrogen-bond donors (Lipinski definition) is 1. The maximum atomic E-state index is 13.9. The number of anilines is 1. The van der Waals surface area contributed by atoms with Crippen LogP contribution < -0.4 is 10.1 Å². The minimum Gasteiger partial charge on any atom is -0.497 e. The van der Waals surface area contributed by atoms with E-state index in [2.05, 4.69) is 5.32 Å². The maximum absolute atomic E-state index is 13.9. The normalized spacial score (nSPS) is 17.2. The van der Waals surface area contributed by atoms with Crippen LogP contribution in [0.4, 0.5) is 10.1 Å². The number of ether oxygens (including phenoxy) is 1. The largest absolute Gasteiger partial charge is 0.497 e. The van der Waals surface area contributed by atoms with Gasteiger partial charge in [0.25, 0.3) is 10.2 Å². The van der Waals surface area contributed by atoms with Gasteiger partial charge in [-0.05, 0) is 36.8 Å². The zero-order valence-electron chi connectivity index (χ0n) is 15.5. The van der Waals surface area contributed by atoms with E-state index in [9.17, 15) is 17.6 Å². The molecule has 2 aromatic rings. The molecule has 3 rings (SSSR count). The first-order chi connectivity index (χ1) is 13.4. The average Bonchev–Trinajstić information content (AvgIpc) is 2.67. The van der Waals surface area contributed by atoms with Crippen molar-refractivity contribution in [3.05, 3.63) is 59.9 Å². The summed E-state index contributed by atoms with van der Waals surface area (Å²) < 4.78 is 46.9. The number of amides is 1. The molecular weight excluding hydrogens is 385 g/mol. The monoisotopic (exact) mass is 407 g/mol. The quantitative estimate of drug-likeness (QED) is 0.797. The number of carbonyl (C=O) groups excluding carboxylic acids is 1. The summed E-state index contributed by atoms with van der Waals surface area (Å²) in [5.41, 5.74) is 0.846. The Kier molecular flexibility index (Phi) is 6.28. The van der Waals surface area contributed by atoms with Crippen molar-refractivity contribution in [2.24, 2.45) is 0 Å². The van der Waals surface area contributed by atoms with Crippen LogP contribution in [0.1, 0.15) is 12.0 Å². The highest BCUT2D eigenvalue weighted by molar-refractivity contribution is 7.86. The van der Waals surface area contributed by atoms with Gasteiger partial charge in [0.1, 0.15) is 11.6 Å².